The van der Waals surface area contributed by atoms with E-state index in [4.69, 9.17) is 11.6 Å². The van der Waals surface area contributed by atoms with Gasteiger partial charge in [-0.15, -0.1) is 0 Å². The number of rotatable bonds is 6. The molecular formula is C22H27ClN2OS. The Hall–Kier alpha value is -1.36. The molecule has 1 amide bonds. The summed E-state index contributed by atoms with van der Waals surface area (Å²) in [5.74, 6) is 0.156. The van der Waals surface area contributed by atoms with Gasteiger partial charge in [-0.2, -0.15) is 11.3 Å². The number of hydrogen-bond acceptors (Lipinski definition) is 3. The van der Waals surface area contributed by atoms with Gasteiger partial charge in [-0.25, -0.2) is 0 Å². The van der Waals surface area contributed by atoms with Crippen LogP contribution in [0, 0.1) is 0 Å². The van der Waals surface area contributed by atoms with Crippen LogP contribution >= 0.6 is 22.9 Å². The molecule has 0 bridgehead atoms. The van der Waals surface area contributed by atoms with E-state index >= 15 is 0 Å². The molecule has 0 radical (unpaired) electrons. The van der Waals surface area contributed by atoms with Crippen LogP contribution in [-0.4, -0.2) is 36.5 Å². The largest absolute Gasteiger partial charge is 0.353 e. The average Bonchev–Trinajstić information content (AvgIpc) is 3.13. The number of hydrogen-bond donors (Lipinski definition) is 1. The van der Waals surface area contributed by atoms with Crippen molar-refractivity contribution in [3.8, 4) is 0 Å². The maximum atomic E-state index is 12.2. The Morgan fingerprint density at radius 2 is 1.93 bits per heavy atom. The predicted octanol–water partition coefficient (Wildman–Crippen LogP) is 4.65. The van der Waals surface area contributed by atoms with Crippen molar-refractivity contribution < 1.29 is 4.79 Å². The number of piperidine rings is 1. The number of amides is 1. The zero-order valence-corrected chi connectivity index (χ0v) is 17.2. The van der Waals surface area contributed by atoms with Crippen LogP contribution < -0.4 is 5.32 Å². The van der Waals surface area contributed by atoms with Gasteiger partial charge in [-0.3, -0.25) is 4.79 Å². The number of halogens is 1. The zero-order chi connectivity index (χ0) is 18.7. The van der Waals surface area contributed by atoms with E-state index < -0.39 is 0 Å². The number of carbonyl (C=O) groups is 1. The molecule has 2 fully saturated rings. The van der Waals surface area contributed by atoms with Gasteiger partial charge in [0.15, 0.2) is 0 Å². The Bertz CT molecular complexity index is 747. The Labute approximate surface area is 170 Å². The fourth-order valence-electron chi connectivity index (χ4n) is 4.47. The van der Waals surface area contributed by atoms with Gasteiger partial charge in [0.1, 0.15) is 0 Å². The van der Waals surface area contributed by atoms with E-state index in [9.17, 15) is 4.79 Å². The van der Waals surface area contributed by atoms with Crippen molar-refractivity contribution in [1.29, 1.82) is 0 Å². The lowest BCUT2D eigenvalue weighted by molar-refractivity contribution is -0.121. The molecule has 3 nitrogen and oxygen atoms in total. The summed E-state index contributed by atoms with van der Waals surface area (Å²) >= 11 is 7.72. The normalized spacial score (nSPS) is 20.2. The van der Waals surface area contributed by atoms with Gasteiger partial charge in [0.05, 0.1) is 6.42 Å². The van der Waals surface area contributed by atoms with Gasteiger partial charge < -0.3 is 10.2 Å². The zero-order valence-electron chi connectivity index (χ0n) is 15.6. The van der Waals surface area contributed by atoms with Crippen molar-refractivity contribution in [2.24, 2.45) is 0 Å². The first kappa shape index (κ1) is 19.0. The lowest BCUT2D eigenvalue weighted by Crippen LogP contribution is -2.51. The Kier molecular flexibility index (Phi) is 5.86. The fourth-order valence-corrected chi connectivity index (χ4v) is 5.26. The number of thiophene rings is 1. The summed E-state index contributed by atoms with van der Waals surface area (Å²) < 4.78 is 0. The summed E-state index contributed by atoms with van der Waals surface area (Å²) in [5.41, 5.74) is 2.86. The fraction of sp³-hybridized carbons (Fsp3) is 0.500. The van der Waals surface area contributed by atoms with Crippen molar-refractivity contribution in [2.45, 2.75) is 50.0 Å². The highest BCUT2D eigenvalue weighted by Gasteiger charge is 2.40. The van der Waals surface area contributed by atoms with Crippen LogP contribution in [0.25, 0.3) is 0 Å². The molecule has 1 aromatic heterocycles. The van der Waals surface area contributed by atoms with E-state index in [1.165, 1.54) is 24.8 Å². The molecule has 0 spiro atoms. The van der Waals surface area contributed by atoms with E-state index in [0.29, 0.717) is 17.9 Å². The summed E-state index contributed by atoms with van der Waals surface area (Å²) in [6, 6.07) is 10.8. The first-order chi connectivity index (χ1) is 13.1. The first-order valence-corrected chi connectivity index (χ1v) is 11.2. The van der Waals surface area contributed by atoms with E-state index in [0.717, 1.165) is 43.1 Å². The number of nitrogens with one attached hydrogen (secondary N) is 1. The Morgan fingerprint density at radius 3 is 2.52 bits per heavy atom. The summed E-state index contributed by atoms with van der Waals surface area (Å²) in [5, 5.41) is 8.12. The second kappa shape index (κ2) is 8.34. The Balaban J connectivity index is 1.27. The van der Waals surface area contributed by atoms with E-state index in [-0.39, 0.29) is 5.91 Å². The van der Waals surface area contributed by atoms with Crippen molar-refractivity contribution in [1.82, 2.24) is 10.2 Å². The number of nitrogens with zero attached hydrogens (tertiary/aromatic N) is 1. The van der Waals surface area contributed by atoms with Crippen LogP contribution in [0.3, 0.4) is 0 Å². The van der Waals surface area contributed by atoms with Crippen LogP contribution in [0.5, 0.6) is 0 Å². The molecule has 1 saturated carbocycles. The molecule has 2 aliphatic rings. The third kappa shape index (κ3) is 4.56. The topological polar surface area (TPSA) is 32.3 Å². The molecule has 1 aliphatic carbocycles. The second-order valence-corrected chi connectivity index (χ2v) is 9.28. The van der Waals surface area contributed by atoms with Gasteiger partial charge in [0.2, 0.25) is 5.91 Å². The van der Waals surface area contributed by atoms with Gasteiger partial charge in [-0.1, -0.05) is 30.2 Å². The predicted molar refractivity (Wildman–Crippen MR) is 113 cm³/mol. The van der Waals surface area contributed by atoms with Crippen molar-refractivity contribution in [3.63, 3.8) is 0 Å². The molecule has 1 aromatic carbocycles. The van der Waals surface area contributed by atoms with Gasteiger partial charge in [0, 0.05) is 36.1 Å². The first-order valence-electron chi connectivity index (χ1n) is 9.92. The highest BCUT2D eigenvalue weighted by atomic mass is 35.5. The van der Waals surface area contributed by atoms with Crippen molar-refractivity contribution in [3.05, 3.63) is 57.2 Å². The van der Waals surface area contributed by atoms with Gasteiger partial charge in [0.25, 0.3) is 0 Å². The molecule has 1 aliphatic heterocycles. The van der Waals surface area contributed by atoms with Crippen LogP contribution in [-0.2, 0) is 16.6 Å². The second-order valence-electron chi connectivity index (χ2n) is 8.07. The summed E-state index contributed by atoms with van der Waals surface area (Å²) in [4.78, 5) is 14.8. The standard InChI is InChI=1S/C22H27ClN2OS/c23-19-4-2-18(3-5-19)22(9-1-10-22)16-25-11-6-20(7-12-25)24-21(26)14-17-8-13-27-15-17/h2-5,8,13,15,20H,1,6-7,9-12,14,16H2,(H,24,26). The minimum atomic E-state index is 0.156. The number of carbonyl (C=O) groups excluding carboxylic acids is 1. The van der Waals surface area contributed by atoms with Crippen molar-refractivity contribution in [2.75, 3.05) is 19.6 Å². The van der Waals surface area contributed by atoms with Gasteiger partial charge in [-0.05, 0) is 65.8 Å². The summed E-state index contributed by atoms with van der Waals surface area (Å²) in [6.07, 6.45) is 6.46. The summed E-state index contributed by atoms with van der Waals surface area (Å²) in [6.45, 7) is 3.27. The minimum absolute atomic E-state index is 0.156. The van der Waals surface area contributed by atoms with E-state index in [1.54, 1.807) is 11.3 Å². The molecule has 0 atom stereocenters. The van der Waals surface area contributed by atoms with E-state index in [1.807, 2.05) is 23.6 Å². The minimum Gasteiger partial charge on any atom is -0.353 e. The maximum Gasteiger partial charge on any atom is 0.224 e. The number of likely N-dealkylation sites (tertiary alicyclic amines) is 1. The molecule has 144 valence electrons. The Morgan fingerprint density at radius 1 is 1.19 bits per heavy atom. The lowest BCUT2D eigenvalue weighted by atomic mass is 9.64. The molecular weight excluding hydrogens is 376 g/mol. The van der Waals surface area contributed by atoms with Crippen LogP contribution in [0.1, 0.15) is 43.2 Å². The third-order valence-corrected chi connectivity index (χ3v) is 7.18. The third-order valence-electron chi connectivity index (χ3n) is 6.19. The molecule has 1 saturated heterocycles. The van der Waals surface area contributed by atoms with E-state index in [2.05, 4.69) is 27.7 Å². The van der Waals surface area contributed by atoms with Crippen LogP contribution in [0.15, 0.2) is 41.1 Å². The molecule has 27 heavy (non-hydrogen) atoms. The van der Waals surface area contributed by atoms with Crippen molar-refractivity contribution >= 4 is 28.8 Å². The van der Waals surface area contributed by atoms with Gasteiger partial charge >= 0.3 is 0 Å². The molecule has 4 rings (SSSR count). The van der Waals surface area contributed by atoms with Crippen LogP contribution in [0.4, 0.5) is 0 Å². The number of benzene rings is 1. The molecule has 5 heteroatoms. The summed E-state index contributed by atoms with van der Waals surface area (Å²) in [7, 11) is 0. The monoisotopic (exact) mass is 402 g/mol. The quantitative estimate of drug-likeness (QED) is 0.762. The molecule has 1 N–H and O–H groups in total. The van der Waals surface area contributed by atoms with Crippen LogP contribution in [0.2, 0.25) is 5.02 Å². The SMILES string of the molecule is O=C(Cc1ccsc1)NC1CCN(CC2(c3ccc(Cl)cc3)CCC2)CC1. The average molecular weight is 403 g/mol. The lowest BCUT2D eigenvalue weighted by Gasteiger charge is -2.47. The molecule has 2 heterocycles. The molecule has 2 aromatic rings. The highest BCUT2D eigenvalue weighted by molar-refractivity contribution is 7.08. The highest BCUT2D eigenvalue weighted by Crippen LogP contribution is 2.44. The maximum absolute atomic E-state index is 12.2. The smallest absolute Gasteiger partial charge is 0.224 e. The molecule has 0 unspecified atom stereocenters.